The Morgan fingerprint density at radius 3 is 2.57 bits per heavy atom. The molecule has 1 radical (unpaired) electrons. The van der Waals surface area contributed by atoms with Gasteiger partial charge in [-0.25, -0.2) is 0 Å². The van der Waals surface area contributed by atoms with Gasteiger partial charge in [0.1, 0.15) is 0 Å². The largest absolute Gasteiger partial charge is 0.387 e. The Morgan fingerprint density at radius 1 is 1.71 bits per heavy atom. The van der Waals surface area contributed by atoms with Gasteiger partial charge in [-0.15, -0.1) is 0 Å². The lowest BCUT2D eigenvalue weighted by atomic mass is 10.1. The molecule has 1 fully saturated rings. The second kappa shape index (κ2) is 1.46. The second-order valence-corrected chi connectivity index (χ2v) is 2.03. The van der Waals surface area contributed by atoms with Crippen molar-refractivity contribution in [1.82, 2.24) is 0 Å². The molecule has 41 valence electrons. The molecule has 1 unspecified atom stereocenters. The predicted molar refractivity (Wildman–Crippen MR) is 25.7 cm³/mol. The first-order valence-electron chi connectivity index (χ1n) is 2.36. The minimum Gasteiger partial charge on any atom is -0.387 e. The van der Waals surface area contributed by atoms with E-state index in [-0.39, 0.29) is 0 Å². The highest BCUT2D eigenvalue weighted by Crippen LogP contribution is 2.15. The van der Waals surface area contributed by atoms with E-state index in [1.165, 1.54) is 0 Å². The minimum atomic E-state index is -0.778. The maximum absolute atomic E-state index is 8.96. The zero-order valence-corrected chi connectivity index (χ0v) is 4.18. The van der Waals surface area contributed by atoms with Crippen LogP contribution in [-0.2, 0) is 4.74 Å². The fourth-order valence-corrected chi connectivity index (χ4v) is 0.596. The number of aliphatic hydroxyl groups is 1. The smallest absolute Gasteiger partial charge is 0.0903 e. The van der Waals surface area contributed by atoms with Gasteiger partial charge in [0.15, 0.2) is 0 Å². The van der Waals surface area contributed by atoms with E-state index < -0.39 is 5.60 Å². The first-order valence-corrected chi connectivity index (χ1v) is 2.36. The molecular formula is C5H9O2. The topological polar surface area (TPSA) is 29.5 Å². The third-order valence-corrected chi connectivity index (χ3v) is 1.08. The first-order chi connectivity index (χ1) is 3.21. The van der Waals surface area contributed by atoms with Crippen LogP contribution in [0, 0.1) is 6.92 Å². The Kier molecular flexibility index (Phi) is 1.05. The predicted octanol–water partition coefficient (Wildman–Crippen LogP) is -0.0281. The normalized spacial score (nSPS) is 42.0. The Labute approximate surface area is 43.1 Å². The van der Waals surface area contributed by atoms with Crippen LogP contribution in [0.5, 0.6) is 0 Å². The summed E-state index contributed by atoms with van der Waals surface area (Å²) in [5.41, 5.74) is -0.778. The summed E-state index contributed by atoms with van der Waals surface area (Å²) >= 11 is 0. The molecule has 1 saturated heterocycles. The van der Waals surface area contributed by atoms with Crippen molar-refractivity contribution in [2.24, 2.45) is 0 Å². The van der Waals surface area contributed by atoms with Crippen LogP contribution in [0.15, 0.2) is 0 Å². The van der Waals surface area contributed by atoms with Gasteiger partial charge in [0, 0.05) is 13.0 Å². The van der Waals surface area contributed by atoms with Crippen LogP contribution in [-0.4, -0.2) is 23.9 Å². The second-order valence-electron chi connectivity index (χ2n) is 2.03. The molecule has 2 nitrogen and oxygen atoms in total. The number of ether oxygens (including phenoxy) is 1. The molecule has 1 aliphatic rings. The highest BCUT2D eigenvalue weighted by Gasteiger charge is 2.25. The maximum atomic E-state index is 8.96. The average Bonchev–Trinajstić information content (AvgIpc) is 1.84. The summed E-state index contributed by atoms with van der Waals surface area (Å²) < 4.78 is 4.85. The molecule has 1 aliphatic heterocycles. The summed E-state index contributed by atoms with van der Waals surface area (Å²) in [6.45, 7) is 4.55. The molecule has 2 heteroatoms. The summed E-state index contributed by atoms with van der Waals surface area (Å²) in [5, 5.41) is 8.96. The van der Waals surface area contributed by atoms with Gasteiger partial charge in [0.2, 0.25) is 0 Å². The van der Waals surface area contributed by atoms with Crippen molar-refractivity contribution in [1.29, 1.82) is 0 Å². The summed E-state index contributed by atoms with van der Waals surface area (Å²) in [6.07, 6.45) is 0.674. The van der Waals surface area contributed by atoms with Crippen LogP contribution < -0.4 is 0 Å². The summed E-state index contributed by atoms with van der Waals surface area (Å²) in [4.78, 5) is 0. The highest BCUT2D eigenvalue weighted by atomic mass is 16.5. The third kappa shape index (κ3) is 1.14. The molecule has 7 heavy (non-hydrogen) atoms. The number of rotatable bonds is 0. The fraction of sp³-hybridized carbons (Fsp3) is 0.800. The van der Waals surface area contributed by atoms with Crippen LogP contribution in [0.2, 0.25) is 0 Å². The maximum Gasteiger partial charge on any atom is 0.0903 e. The van der Waals surface area contributed by atoms with Gasteiger partial charge >= 0.3 is 0 Å². The third-order valence-electron chi connectivity index (χ3n) is 1.08. The van der Waals surface area contributed by atoms with Crippen LogP contribution in [0.1, 0.15) is 6.42 Å². The van der Waals surface area contributed by atoms with Gasteiger partial charge in [-0.2, -0.15) is 0 Å². The SMILES string of the molecule is [CH2]C1(O)CCOC1. The van der Waals surface area contributed by atoms with Crippen LogP contribution in [0.3, 0.4) is 0 Å². The van der Waals surface area contributed by atoms with Crippen molar-refractivity contribution in [3.63, 3.8) is 0 Å². The summed E-state index contributed by atoms with van der Waals surface area (Å²) in [5.74, 6) is 0. The lowest BCUT2D eigenvalue weighted by Crippen LogP contribution is -2.23. The van der Waals surface area contributed by atoms with E-state index in [1.54, 1.807) is 0 Å². The molecule has 0 spiro atoms. The monoisotopic (exact) mass is 101 g/mol. The van der Waals surface area contributed by atoms with Gasteiger partial charge in [-0.05, 0) is 6.92 Å². The van der Waals surface area contributed by atoms with E-state index in [0.717, 1.165) is 0 Å². The Balaban J connectivity index is 2.40. The van der Waals surface area contributed by atoms with Crippen molar-refractivity contribution in [2.45, 2.75) is 12.0 Å². The molecule has 0 bridgehead atoms. The van der Waals surface area contributed by atoms with Gasteiger partial charge < -0.3 is 9.84 Å². The molecule has 1 atom stereocenters. The van der Waals surface area contributed by atoms with Gasteiger partial charge in [-0.3, -0.25) is 0 Å². The van der Waals surface area contributed by atoms with E-state index in [2.05, 4.69) is 6.92 Å². The van der Waals surface area contributed by atoms with Gasteiger partial charge in [0.25, 0.3) is 0 Å². The molecule has 0 aliphatic carbocycles. The summed E-state index contributed by atoms with van der Waals surface area (Å²) in [7, 11) is 0. The molecule has 0 aromatic carbocycles. The van der Waals surface area contributed by atoms with Gasteiger partial charge in [0.05, 0.1) is 12.2 Å². The molecule has 0 aromatic heterocycles. The molecule has 1 N–H and O–H groups in total. The summed E-state index contributed by atoms with van der Waals surface area (Å²) in [6, 6.07) is 0. The van der Waals surface area contributed by atoms with E-state index in [1.807, 2.05) is 0 Å². The molecular weight excluding hydrogens is 92.1 g/mol. The lowest BCUT2D eigenvalue weighted by Gasteiger charge is -2.09. The Hall–Kier alpha value is -0.0800. The lowest BCUT2D eigenvalue weighted by molar-refractivity contribution is 0.0661. The van der Waals surface area contributed by atoms with Gasteiger partial charge in [-0.1, -0.05) is 0 Å². The van der Waals surface area contributed by atoms with Crippen molar-refractivity contribution in [2.75, 3.05) is 13.2 Å². The van der Waals surface area contributed by atoms with Crippen molar-refractivity contribution in [3.05, 3.63) is 6.92 Å². The average molecular weight is 101 g/mol. The van der Waals surface area contributed by atoms with Crippen molar-refractivity contribution >= 4 is 0 Å². The molecule has 1 rings (SSSR count). The molecule has 0 saturated carbocycles. The quantitative estimate of drug-likeness (QED) is 0.464. The van der Waals surface area contributed by atoms with Crippen molar-refractivity contribution < 1.29 is 9.84 Å². The van der Waals surface area contributed by atoms with E-state index in [9.17, 15) is 0 Å². The zero-order valence-electron chi connectivity index (χ0n) is 4.18. The number of hydrogen-bond acceptors (Lipinski definition) is 2. The molecule has 0 amide bonds. The number of hydrogen-bond donors (Lipinski definition) is 1. The van der Waals surface area contributed by atoms with Crippen molar-refractivity contribution in [3.8, 4) is 0 Å². The zero-order chi connectivity index (χ0) is 5.33. The van der Waals surface area contributed by atoms with E-state index >= 15 is 0 Å². The minimum absolute atomic E-state index is 0.396. The molecule has 0 aromatic rings. The van der Waals surface area contributed by atoms with E-state index in [0.29, 0.717) is 19.6 Å². The molecule has 1 heterocycles. The standard InChI is InChI=1S/C5H9O2/c1-5(6)2-3-7-4-5/h6H,1-4H2. The first kappa shape index (κ1) is 5.06. The Morgan fingerprint density at radius 2 is 2.43 bits per heavy atom. The van der Waals surface area contributed by atoms with Crippen LogP contribution >= 0.6 is 0 Å². The van der Waals surface area contributed by atoms with Crippen LogP contribution in [0.4, 0.5) is 0 Å². The fourth-order valence-electron chi connectivity index (χ4n) is 0.596. The van der Waals surface area contributed by atoms with Crippen LogP contribution in [0.25, 0.3) is 0 Å². The highest BCUT2D eigenvalue weighted by molar-refractivity contribution is 4.84. The van der Waals surface area contributed by atoms with E-state index in [4.69, 9.17) is 9.84 Å². The Bertz CT molecular complexity index is 60.5.